The van der Waals surface area contributed by atoms with Crippen molar-refractivity contribution in [1.29, 1.82) is 0 Å². The number of urea groups is 1. The summed E-state index contributed by atoms with van der Waals surface area (Å²) in [4.78, 5) is 40.7. The van der Waals surface area contributed by atoms with Crippen molar-refractivity contribution in [2.75, 3.05) is 68.2 Å². The lowest BCUT2D eigenvalue weighted by Gasteiger charge is -2.25. The molecule has 3 N–H and O–H groups in total. The second kappa shape index (κ2) is 14.6. The highest BCUT2D eigenvalue weighted by Crippen LogP contribution is 2.24. The summed E-state index contributed by atoms with van der Waals surface area (Å²) >= 11 is 0. The molecule has 0 spiro atoms. The van der Waals surface area contributed by atoms with E-state index in [-0.39, 0.29) is 36.4 Å². The Morgan fingerprint density at radius 3 is 2.49 bits per heavy atom. The van der Waals surface area contributed by atoms with Gasteiger partial charge in [0.25, 0.3) is 6.20 Å². The average molecular weight is 577 g/mol. The Bertz CT molecular complexity index is 1170. The van der Waals surface area contributed by atoms with Crippen molar-refractivity contribution in [3.63, 3.8) is 0 Å². The van der Waals surface area contributed by atoms with Crippen LogP contribution in [0.4, 0.5) is 21.2 Å². The number of rotatable bonds is 12. The zero-order valence-electron chi connectivity index (χ0n) is 24.7. The number of hydrogen-bond acceptors (Lipinski definition) is 10. The zero-order chi connectivity index (χ0) is 30.0. The maximum absolute atomic E-state index is 12.7. The van der Waals surface area contributed by atoms with Crippen molar-refractivity contribution in [3.8, 4) is 5.75 Å². The van der Waals surface area contributed by atoms with Gasteiger partial charge in [0.1, 0.15) is 18.5 Å². The van der Waals surface area contributed by atoms with Crippen LogP contribution in [0.2, 0.25) is 0 Å². The van der Waals surface area contributed by atoms with E-state index in [2.05, 4.69) is 21.2 Å². The third kappa shape index (κ3) is 9.90. The third-order valence-corrected chi connectivity index (χ3v) is 6.18. The number of ether oxygens (including phenoxy) is 3. The van der Waals surface area contributed by atoms with E-state index < -0.39 is 12.2 Å². The molecule has 1 aliphatic heterocycles. The van der Waals surface area contributed by atoms with Gasteiger partial charge in [0.15, 0.2) is 5.78 Å². The minimum atomic E-state index is -0.749. The normalized spacial score (nSPS) is 14.2. The van der Waals surface area contributed by atoms with E-state index in [0.29, 0.717) is 56.4 Å². The Kier molecular flexibility index (Phi) is 11.3. The third-order valence-electron chi connectivity index (χ3n) is 6.18. The van der Waals surface area contributed by atoms with Crippen LogP contribution in [0.1, 0.15) is 51.9 Å². The summed E-state index contributed by atoms with van der Waals surface area (Å²) in [6.07, 6.45) is 0.0804. The van der Waals surface area contributed by atoms with Gasteiger partial charge in [-0.3, -0.25) is 14.6 Å². The van der Waals surface area contributed by atoms with E-state index in [0.717, 1.165) is 0 Å². The van der Waals surface area contributed by atoms with Crippen LogP contribution in [0.5, 0.6) is 5.75 Å². The van der Waals surface area contributed by atoms with E-state index in [1.54, 1.807) is 29.3 Å². The molecule has 1 aromatic heterocycles. The minimum Gasteiger partial charge on any atom is -0.489 e. The first-order valence-electron chi connectivity index (χ1n) is 13.8. The quantitative estimate of drug-likeness (QED) is 0.254. The van der Waals surface area contributed by atoms with Gasteiger partial charge in [0, 0.05) is 30.9 Å². The summed E-state index contributed by atoms with van der Waals surface area (Å²) in [5.41, 5.74) is 0.521. The smallest absolute Gasteiger partial charge is 0.414 e. The molecular formula is C27H42N7O7+. The molecule has 1 fully saturated rings. The molecule has 1 aromatic carbocycles. The first-order valence-corrected chi connectivity index (χ1v) is 13.8. The van der Waals surface area contributed by atoms with Gasteiger partial charge in [0.2, 0.25) is 5.27 Å². The van der Waals surface area contributed by atoms with Crippen LogP contribution in [0.25, 0.3) is 0 Å². The molecule has 2 aromatic rings. The maximum Gasteiger partial charge on any atom is 0.414 e. The lowest BCUT2D eigenvalue weighted by atomic mass is 10.1. The average Bonchev–Trinajstić information content (AvgIpc) is 3.39. The number of ketones is 1. The summed E-state index contributed by atoms with van der Waals surface area (Å²) in [6, 6.07) is 4.59. The van der Waals surface area contributed by atoms with Crippen molar-refractivity contribution in [2.24, 2.45) is 0 Å². The molecule has 1 aliphatic rings. The van der Waals surface area contributed by atoms with Gasteiger partial charge in [0.05, 0.1) is 36.7 Å². The molecule has 1 unspecified atom stereocenters. The van der Waals surface area contributed by atoms with Crippen molar-refractivity contribution >= 4 is 29.5 Å². The van der Waals surface area contributed by atoms with Crippen LogP contribution in [-0.4, -0.2) is 92.3 Å². The fraction of sp³-hybridized carbons (Fsp3) is 0.593. The van der Waals surface area contributed by atoms with E-state index in [1.807, 2.05) is 39.6 Å². The standard InChI is InChI=1S/C27H41N7O7/c1-7-32(8-2)25(36)29-20-9-10-23(22(15-20)19(3)35)39-18-21(16-28-27(4,5)6)40-26(37)30-24-17-34(31-41-24)33-11-13-38-14-12-33/h9-10,15,17,21,28H,7-8,11-14,16,18H2,1-6H3,(H-,29,30,31,36,37)/p+1. The molecule has 3 amide bonds. The molecule has 0 radical (unpaired) electrons. The molecule has 14 nitrogen and oxygen atoms in total. The van der Waals surface area contributed by atoms with Crippen molar-refractivity contribution in [1.82, 2.24) is 15.5 Å². The van der Waals surface area contributed by atoms with Gasteiger partial charge in [-0.2, -0.15) is 0 Å². The molecule has 41 heavy (non-hydrogen) atoms. The molecule has 2 heterocycles. The van der Waals surface area contributed by atoms with Gasteiger partial charge in [-0.05, 0) is 59.7 Å². The van der Waals surface area contributed by atoms with E-state index in [1.165, 1.54) is 11.7 Å². The van der Waals surface area contributed by atoms with Crippen molar-refractivity contribution in [2.45, 2.75) is 53.2 Å². The zero-order valence-corrected chi connectivity index (χ0v) is 24.7. The summed E-state index contributed by atoms with van der Waals surface area (Å²) < 4.78 is 22.2. The highest BCUT2D eigenvalue weighted by atomic mass is 16.6. The number of hydrogen-bond donors (Lipinski definition) is 3. The molecule has 3 rings (SSSR count). The second-order valence-corrected chi connectivity index (χ2v) is 10.5. The van der Waals surface area contributed by atoms with Gasteiger partial charge >= 0.3 is 18.0 Å². The Morgan fingerprint density at radius 2 is 1.85 bits per heavy atom. The predicted octanol–water partition coefficient (Wildman–Crippen LogP) is 2.39. The van der Waals surface area contributed by atoms with Crippen molar-refractivity contribution < 1.29 is 37.9 Å². The molecular weight excluding hydrogens is 534 g/mol. The monoisotopic (exact) mass is 576 g/mol. The number of morpholine rings is 1. The van der Waals surface area contributed by atoms with E-state index >= 15 is 0 Å². The van der Waals surface area contributed by atoms with Crippen LogP contribution in [-0.2, 0) is 9.47 Å². The summed E-state index contributed by atoms with van der Waals surface area (Å²) in [5.74, 6) is 0.192. The number of nitrogens with zero attached hydrogens (tertiary/aromatic N) is 4. The molecule has 14 heteroatoms. The fourth-order valence-electron chi connectivity index (χ4n) is 3.93. The second-order valence-electron chi connectivity index (χ2n) is 10.5. The van der Waals surface area contributed by atoms with Crippen LogP contribution < -0.4 is 30.5 Å². The number of aromatic nitrogens is 2. The van der Waals surface area contributed by atoms with E-state index in [9.17, 15) is 14.4 Å². The van der Waals surface area contributed by atoms with Crippen LogP contribution in [0.15, 0.2) is 28.9 Å². The molecule has 0 aliphatic carbocycles. The first-order chi connectivity index (χ1) is 19.5. The number of Topliss-reactive ketones (excluding diaryl/α,β-unsaturated/α-hetero) is 1. The lowest BCUT2D eigenvalue weighted by Crippen LogP contribution is -2.62. The Morgan fingerprint density at radius 1 is 1.15 bits per heavy atom. The molecule has 0 saturated carbocycles. The van der Waals surface area contributed by atoms with Crippen LogP contribution in [0.3, 0.4) is 0 Å². The van der Waals surface area contributed by atoms with Crippen LogP contribution in [0, 0.1) is 0 Å². The summed E-state index contributed by atoms with van der Waals surface area (Å²) in [6.45, 7) is 15.0. The highest BCUT2D eigenvalue weighted by Gasteiger charge is 2.26. The topological polar surface area (TPSA) is 151 Å². The number of amides is 3. The molecule has 1 saturated heterocycles. The van der Waals surface area contributed by atoms with Gasteiger partial charge in [-0.25, -0.2) is 9.59 Å². The Balaban J connectivity index is 1.66. The largest absolute Gasteiger partial charge is 0.489 e. The highest BCUT2D eigenvalue weighted by molar-refractivity contribution is 5.99. The van der Waals surface area contributed by atoms with E-state index in [4.69, 9.17) is 18.7 Å². The molecule has 226 valence electrons. The number of nitrogens with one attached hydrogen (secondary N) is 3. The maximum atomic E-state index is 12.7. The number of carbonyl (C=O) groups excluding carboxylic acids is 3. The summed E-state index contributed by atoms with van der Waals surface area (Å²) in [5, 5.41) is 14.5. The number of benzene rings is 1. The van der Waals surface area contributed by atoms with Crippen LogP contribution >= 0.6 is 0 Å². The Labute approximate surface area is 240 Å². The number of carbonyl (C=O) groups is 3. The van der Waals surface area contributed by atoms with Gasteiger partial charge in [-0.15, -0.1) is 5.01 Å². The minimum absolute atomic E-state index is 0.0356. The fourth-order valence-corrected chi connectivity index (χ4v) is 3.93. The first kappa shape index (κ1) is 31.6. The molecule has 0 bridgehead atoms. The molecule has 1 atom stereocenters. The van der Waals surface area contributed by atoms with Gasteiger partial charge in [-0.1, -0.05) is 0 Å². The SMILES string of the molecule is CCN(CC)C(=O)Nc1ccc(OCC(CNC(C)(C)C)OC(=O)Nc2c[n+](N3CCOCC3)no2)c(C(C)=O)c1. The Hall–Kier alpha value is -3.91. The summed E-state index contributed by atoms with van der Waals surface area (Å²) in [7, 11) is 0. The van der Waals surface area contributed by atoms with Gasteiger partial charge < -0.3 is 29.7 Å². The number of anilines is 2. The van der Waals surface area contributed by atoms with Crippen molar-refractivity contribution in [3.05, 3.63) is 30.0 Å². The lowest BCUT2D eigenvalue weighted by molar-refractivity contribution is -0.759. The predicted molar refractivity (Wildman–Crippen MR) is 151 cm³/mol.